The van der Waals surface area contributed by atoms with Gasteiger partial charge in [0, 0.05) is 18.2 Å². The SMILES string of the molecule is CCc1occc1C(N)c1ncccc1OC. The van der Waals surface area contributed by atoms with Gasteiger partial charge in [-0.05, 0) is 18.2 Å². The summed E-state index contributed by atoms with van der Waals surface area (Å²) in [6.07, 6.45) is 4.18. The number of ether oxygens (including phenoxy) is 1. The molecule has 1 atom stereocenters. The molecule has 0 aliphatic heterocycles. The maximum absolute atomic E-state index is 6.21. The second kappa shape index (κ2) is 5.01. The molecule has 2 N–H and O–H groups in total. The topological polar surface area (TPSA) is 61.3 Å². The number of nitrogens with two attached hydrogens (primary N) is 1. The smallest absolute Gasteiger partial charge is 0.142 e. The summed E-state index contributed by atoms with van der Waals surface area (Å²) in [7, 11) is 1.61. The van der Waals surface area contributed by atoms with Crippen molar-refractivity contribution in [3.63, 3.8) is 0 Å². The summed E-state index contributed by atoms with van der Waals surface area (Å²) >= 11 is 0. The second-order valence-electron chi connectivity index (χ2n) is 3.72. The van der Waals surface area contributed by atoms with Gasteiger partial charge >= 0.3 is 0 Å². The third-order valence-corrected chi connectivity index (χ3v) is 2.75. The van der Waals surface area contributed by atoms with Crippen molar-refractivity contribution in [1.82, 2.24) is 4.98 Å². The van der Waals surface area contributed by atoms with E-state index in [9.17, 15) is 0 Å². The fourth-order valence-electron chi connectivity index (χ4n) is 1.87. The van der Waals surface area contributed by atoms with Gasteiger partial charge in [-0.2, -0.15) is 0 Å². The van der Waals surface area contributed by atoms with E-state index in [1.54, 1.807) is 19.6 Å². The minimum absolute atomic E-state index is 0.320. The highest BCUT2D eigenvalue weighted by atomic mass is 16.5. The number of rotatable bonds is 4. The van der Waals surface area contributed by atoms with Gasteiger partial charge in [-0.25, -0.2) is 0 Å². The zero-order chi connectivity index (χ0) is 12.3. The average Bonchev–Trinajstić information content (AvgIpc) is 2.86. The van der Waals surface area contributed by atoms with Crippen molar-refractivity contribution in [1.29, 1.82) is 0 Å². The first-order chi connectivity index (χ1) is 8.27. The molecule has 4 nitrogen and oxygen atoms in total. The van der Waals surface area contributed by atoms with E-state index in [1.165, 1.54) is 0 Å². The lowest BCUT2D eigenvalue weighted by Gasteiger charge is -2.14. The van der Waals surface area contributed by atoms with E-state index in [2.05, 4.69) is 4.98 Å². The standard InChI is InChI=1S/C13H16N2O2/c1-3-10-9(6-8-17-10)12(14)13-11(16-2)5-4-7-15-13/h4-8,12H,3,14H2,1-2H3. The number of methoxy groups -OCH3 is 1. The number of furan rings is 1. The van der Waals surface area contributed by atoms with Crippen LogP contribution in [0.2, 0.25) is 0 Å². The molecule has 17 heavy (non-hydrogen) atoms. The van der Waals surface area contributed by atoms with Crippen LogP contribution < -0.4 is 10.5 Å². The maximum atomic E-state index is 6.21. The highest BCUT2D eigenvalue weighted by Crippen LogP contribution is 2.28. The first-order valence-corrected chi connectivity index (χ1v) is 5.58. The summed E-state index contributed by atoms with van der Waals surface area (Å²) in [6, 6.07) is 5.25. The summed E-state index contributed by atoms with van der Waals surface area (Å²) in [6.45, 7) is 2.03. The molecule has 2 rings (SSSR count). The summed E-state index contributed by atoms with van der Waals surface area (Å²) < 4.78 is 10.6. The first kappa shape index (κ1) is 11.7. The van der Waals surface area contributed by atoms with Gasteiger partial charge in [0.15, 0.2) is 0 Å². The summed E-state index contributed by atoms with van der Waals surface area (Å²) in [5.74, 6) is 1.59. The molecule has 0 saturated heterocycles. The monoisotopic (exact) mass is 232 g/mol. The van der Waals surface area contributed by atoms with E-state index < -0.39 is 0 Å². The van der Waals surface area contributed by atoms with Gasteiger partial charge in [0.05, 0.1) is 19.4 Å². The summed E-state index contributed by atoms with van der Waals surface area (Å²) in [5, 5.41) is 0. The Labute approximate surface area is 100 Å². The second-order valence-corrected chi connectivity index (χ2v) is 3.72. The highest BCUT2D eigenvalue weighted by molar-refractivity contribution is 5.37. The van der Waals surface area contributed by atoms with Crippen LogP contribution in [0.1, 0.15) is 30.0 Å². The van der Waals surface area contributed by atoms with E-state index in [1.807, 2.05) is 25.1 Å². The van der Waals surface area contributed by atoms with Crippen LogP contribution in [0, 0.1) is 0 Å². The minimum Gasteiger partial charge on any atom is -0.495 e. The molecule has 0 aliphatic carbocycles. The van der Waals surface area contributed by atoms with Crippen LogP contribution in [0.5, 0.6) is 5.75 Å². The zero-order valence-corrected chi connectivity index (χ0v) is 10.0. The van der Waals surface area contributed by atoms with E-state index >= 15 is 0 Å². The molecule has 0 radical (unpaired) electrons. The molecule has 2 aromatic rings. The average molecular weight is 232 g/mol. The van der Waals surface area contributed by atoms with Crippen molar-refractivity contribution >= 4 is 0 Å². The van der Waals surface area contributed by atoms with Crippen LogP contribution in [-0.4, -0.2) is 12.1 Å². The van der Waals surface area contributed by atoms with Crippen LogP contribution in [0.15, 0.2) is 35.1 Å². The Kier molecular flexibility index (Phi) is 3.44. The number of nitrogens with zero attached hydrogens (tertiary/aromatic N) is 1. The molecule has 90 valence electrons. The van der Waals surface area contributed by atoms with Gasteiger partial charge < -0.3 is 14.9 Å². The van der Waals surface area contributed by atoms with E-state index in [0.717, 1.165) is 23.4 Å². The lowest BCUT2D eigenvalue weighted by molar-refractivity contribution is 0.404. The van der Waals surface area contributed by atoms with Gasteiger partial charge in [0.2, 0.25) is 0 Å². The normalized spacial score (nSPS) is 12.4. The Morgan fingerprint density at radius 3 is 3.00 bits per heavy atom. The Balaban J connectivity index is 2.40. The molecule has 0 fully saturated rings. The minimum atomic E-state index is -0.320. The summed E-state index contributed by atoms with van der Waals surface area (Å²) in [5.41, 5.74) is 7.90. The van der Waals surface area contributed by atoms with Crippen LogP contribution in [0.25, 0.3) is 0 Å². The number of aromatic nitrogens is 1. The van der Waals surface area contributed by atoms with Gasteiger partial charge in [-0.15, -0.1) is 0 Å². The van der Waals surface area contributed by atoms with Crippen molar-refractivity contribution in [2.75, 3.05) is 7.11 Å². The fourth-order valence-corrected chi connectivity index (χ4v) is 1.87. The van der Waals surface area contributed by atoms with E-state index in [0.29, 0.717) is 5.75 Å². The summed E-state index contributed by atoms with van der Waals surface area (Å²) in [4.78, 5) is 4.29. The third-order valence-electron chi connectivity index (χ3n) is 2.75. The van der Waals surface area contributed by atoms with Gasteiger partial charge in [0.1, 0.15) is 17.2 Å². The Morgan fingerprint density at radius 2 is 2.29 bits per heavy atom. The first-order valence-electron chi connectivity index (χ1n) is 5.58. The Hall–Kier alpha value is -1.81. The largest absolute Gasteiger partial charge is 0.495 e. The van der Waals surface area contributed by atoms with Crippen LogP contribution in [0.3, 0.4) is 0 Å². The number of pyridine rings is 1. The molecule has 0 amide bonds. The van der Waals surface area contributed by atoms with E-state index in [-0.39, 0.29) is 6.04 Å². The zero-order valence-electron chi connectivity index (χ0n) is 10.0. The number of hydrogen-bond acceptors (Lipinski definition) is 4. The van der Waals surface area contributed by atoms with Gasteiger partial charge in [-0.3, -0.25) is 4.98 Å². The molecule has 4 heteroatoms. The molecule has 1 unspecified atom stereocenters. The predicted octanol–water partition coefficient (Wildman–Crippen LogP) is 2.29. The lowest BCUT2D eigenvalue weighted by atomic mass is 10.0. The van der Waals surface area contributed by atoms with Crippen molar-refractivity contribution in [3.8, 4) is 5.75 Å². The molecule has 0 saturated carbocycles. The number of hydrogen-bond donors (Lipinski definition) is 1. The Bertz CT molecular complexity index is 494. The quantitative estimate of drug-likeness (QED) is 0.878. The lowest BCUT2D eigenvalue weighted by Crippen LogP contribution is -2.15. The van der Waals surface area contributed by atoms with E-state index in [4.69, 9.17) is 14.9 Å². The van der Waals surface area contributed by atoms with Gasteiger partial charge in [-0.1, -0.05) is 6.92 Å². The molecular formula is C13H16N2O2. The Morgan fingerprint density at radius 1 is 1.47 bits per heavy atom. The van der Waals surface area contributed by atoms with Crippen molar-refractivity contribution in [2.24, 2.45) is 5.73 Å². The van der Waals surface area contributed by atoms with Crippen LogP contribution >= 0.6 is 0 Å². The molecule has 0 aromatic carbocycles. The molecule has 2 aromatic heterocycles. The number of aryl methyl sites for hydroxylation is 1. The highest BCUT2D eigenvalue weighted by Gasteiger charge is 2.19. The molecule has 2 heterocycles. The fraction of sp³-hybridized carbons (Fsp3) is 0.308. The molecule has 0 aliphatic rings. The maximum Gasteiger partial charge on any atom is 0.142 e. The van der Waals surface area contributed by atoms with Crippen molar-refractivity contribution in [3.05, 3.63) is 47.7 Å². The third kappa shape index (κ3) is 2.17. The van der Waals surface area contributed by atoms with Gasteiger partial charge in [0.25, 0.3) is 0 Å². The van der Waals surface area contributed by atoms with Crippen LogP contribution in [-0.2, 0) is 6.42 Å². The molecule has 0 bridgehead atoms. The van der Waals surface area contributed by atoms with Crippen LogP contribution in [0.4, 0.5) is 0 Å². The van der Waals surface area contributed by atoms with Crippen molar-refractivity contribution < 1.29 is 9.15 Å². The molecular weight excluding hydrogens is 216 g/mol. The predicted molar refractivity (Wildman–Crippen MR) is 64.9 cm³/mol. The van der Waals surface area contributed by atoms with Crippen molar-refractivity contribution in [2.45, 2.75) is 19.4 Å². The molecule has 0 spiro atoms.